The van der Waals surface area contributed by atoms with Crippen LogP contribution in [0.2, 0.25) is 0 Å². The van der Waals surface area contributed by atoms with Gasteiger partial charge in [0.05, 0.1) is 13.2 Å². The predicted molar refractivity (Wildman–Crippen MR) is 73.5 cm³/mol. The maximum absolute atomic E-state index is 5.31. The van der Waals surface area contributed by atoms with Crippen LogP contribution in [0.15, 0.2) is 24.3 Å². The van der Waals surface area contributed by atoms with Crippen LogP contribution in [-0.2, 0) is 4.74 Å². The number of ether oxygens (including phenoxy) is 1. The van der Waals surface area contributed by atoms with Gasteiger partial charge in [0.1, 0.15) is 0 Å². The second kappa shape index (κ2) is 7.60. The van der Waals surface area contributed by atoms with E-state index in [1.165, 1.54) is 5.69 Å². The number of nitrogens with zero attached hydrogens (tertiary/aromatic N) is 1. The van der Waals surface area contributed by atoms with Crippen LogP contribution in [-0.4, -0.2) is 33.4 Å². The highest BCUT2D eigenvalue weighted by Gasteiger charge is 2.10. The topological polar surface area (TPSA) is 24.5 Å². The molecule has 92 valence electrons. The van der Waals surface area contributed by atoms with Crippen LogP contribution in [0.3, 0.4) is 0 Å². The lowest BCUT2D eigenvalue weighted by atomic mass is 10.2. The van der Waals surface area contributed by atoms with Crippen LogP contribution in [0.4, 0.5) is 11.4 Å². The number of nitrogens with one attached hydrogen (secondary N) is 1. The normalized spacial score (nSPS) is 14.7. The van der Waals surface area contributed by atoms with E-state index >= 15 is 0 Å². The first-order chi connectivity index (χ1) is 6.90. The number of morpholine rings is 1. The van der Waals surface area contributed by atoms with Gasteiger partial charge in [0.15, 0.2) is 0 Å². The number of halogens is 2. The van der Waals surface area contributed by atoms with Crippen molar-refractivity contribution in [1.29, 1.82) is 0 Å². The second-order valence-corrected chi connectivity index (χ2v) is 3.40. The van der Waals surface area contributed by atoms with Gasteiger partial charge in [-0.2, -0.15) is 0 Å². The van der Waals surface area contributed by atoms with Crippen molar-refractivity contribution in [2.24, 2.45) is 0 Å². The molecule has 1 aromatic rings. The van der Waals surface area contributed by atoms with Crippen molar-refractivity contribution in [2.45, 2.75) is 0 Å². The molecule has 0 aliphatic carbocycles. The molecule has 1 aliphatic rings. The molecule has 0 aromatic heterocycles. The number of anilines is 2. The number of hydrogen-bond donors (Lipinski definition) is 1. The molecule has 0 saturated carbocycles. The molecular weight excluding hydrogens is 247 g/mol. The average molecular weight is 265 g/mol. The van der Waals surface area contributed by atoms with E-state index in [0.717, 1.165) is 32.0 Å². The molecular formula is C11H18Cl2N2O. The maximum Gasteiger partial charge on any atom is 0.0642 e. The van der Waals surface area contributed by atoms with E-state index in [0.29, 0.717) is 0 Å². The molecule has 1 N–H and O–H groups in total. The molecule has 0 radical (unpaired) electrons. The molecule has 0 spiro atoms. The summed E-state index contributed by atoms with van der Waals surface area (Å²) in [5.41, 5.74) is 2.44. The SMILES string of the molecule is CNc1ccc(N2CCOCC2)cc1.Cl.Cl. The molecule has 1 heterocycles. The molecule has 0 amide bonds. The van der Waals surface area contributed by atoms with Gasteiger partial charge < -0.3 is 15.0 Å². The Balaban J connectivity index is 0.00000112. The van der Waals surface area contributed by atoms with E-state index in [4.69, 9.17) is 4.74 Å². The molecule has 0 unspecified atom stereocenters. The lowest BCUT2D eigenvalue weighted by Gasteiger charge is -2.28. The Morgan fingerprint density at radius 2 is 1.62 bits per heavy atom. The van der Waals surface area contributed by atoms with E-state index in [9.17, 15) is 0 Å². The first kappa shape index (κ1) is 15.4. The number of benzene rings is 1. The molecule has 1 saturated heterocycles. The first-order valence-electron chi connectivity index (χ1n) is 5.00. The minimum absolute atomic E-state index is 0. The zero-order valence-corrected chi connectivity index (χ0v) is 10.9. The van der Waals surface area contributed by atoms with Crippen molar-refractivity contribution in [3.8, 4) is 0 Å². The van der Waals surface area contributed by atoms with Crippen LogP contribution in [0.1, 0.15) is 0 Å². The number of rotatable bonds is 2. The highest BCUT2D eigenvalue weighted by Crippen LogP contribution is 2.18. The average Bonchev–Trinajstić information content (AvgIpc) is 2.30. The van der Waals surface area contributed by atoms with Gasteiger partial charge in [0, 0.05) is 31.5 Å². The van der Waals surface area contributed by atoms with Crippen LogP contribution in [0.25, 0.3) is 0 Å². The minimum Gasteiger partial charge on any atom is -0.388 e. The Kier molecular flexibility index (Phi) is 7.30. The van der Waals surface area contributed by atoms with Crippen LogP contribution >= 0.6 is 24.8 Å². The van der Waals surface area contributed by atoms with Crippen molar-refractivity contribution in [3.63, 3.8) is 0 Å². The summed E-state index contributed by atoms with van der Waals surface area (Å²) in [7, 11) is 1.93. The molecule has 1 fully saturated rings. The van der Waals surface area contributed by atoms with Crippen LogP contribution in [0, 0.1) is 0 Å². The molecule has 0 atom stereocenters. The molecule has 0 bridgehead atoms. The Morgan fingerprint density at radius 3 is 2.12 bits per heavy atom. The van der Waals surface area contributed by atoms with Crippen molar-refractivity contribution in [1.82, 2.24) is 0 Å². The molecule has 2 rings (SSSR count). The summed E-state index contributed by atoms with van der Waals surface area (Å²) < 4.78 is 5.31. The maximum atomic E-state index is 5.31. The van der Waals surface area contributed by atoms with Crippen molar-refractivity contribution >= 4 is 36.2 Å². The van der Waals surface area contributed by atoms with Gasteiger partial charge in [-0.05, 0) is 24.3 Å². The highest BCUT2D eigenvalue weighted by molar-refractivity contribution is 5.85. The molecule has 5 heteroatoms. The van der Waals surface area contributed by atoms with E-state index in [-0.39, 0.29) is 24.8 Å². The van der Waals surface area contributed by atoms with Gasteiger partial charge >= 0.3 is 0 Å². The molecule has 1 aliphatic heterocycles. The molecule has 3 nitrogen and oxygen atoms in total. The van der Waals surface area contributed by atoms with Gasteiger partial charge in [-0.1, -0.05) is 0 Å². The van der Waals surface area contributed by atoms with E-state index in [1.54, 1.807) is 0 Å². The standard InChI is InChI=1S/C11H16N2O.2ClH/c1-12-10-2-4-11(5-3-10)13-6-8-14-9-7-13;;/h2-5,12H,6-9H2,1H3;2*1H. The third kappa shape index (κ3) is 3.74. The zero-order chi connectivity index (χ0) is 9.80. The van der Waals surface area contributed by atoms with Gasteiger partial charge in [-0.3, -0.25) is 0 Å². The second-order valence-electron chi connectivity index (χ2n) is 3.40. The lowest BCUT2D eigenvalue weighted by molar-refractivity contribution is 0.122. The van der Waals surface area contributed by atoms with E-state index in [1.807, 2.05) is 7.05 Å². The summed E-state index contributed by atoms with van der Waals surface area (Å²) in [5, 5.41) is 3.11. The highest BCUT2D eigenvalue weighted by atomic mass is 35.5. The fraction of sp³-hybridized carbons (Fsp3) is 0.455. The summed E-state index contributed by atoms with van der Waals surface area (Å²) in [4.78, 5) is 2.35. The van der Waals surface area contributed by atoms with Gasteiger partial charge in [0.25, 0.3) is 0 Å². The molecule has 16 heavy (non-hydrogen) atoms. The largest absolute Gasteiger partial charge is 0.388 e. The Bertz CT molecular complexity index is 287. The summed E-state index contributed by atoms with van der Waals surface area (Å²) >= 11 is 0. The number of hydrogen-bond acceptors (Lipinski definition) is 3. The van der Waals surface area contributed by atoms with Crippen LogP contribution < -0.4 is 10.2 Å². The third-order valence-corrected chi connectivity index (χ3v) is 2.53. The third-order valence-electron chi connectivity index (χ3n) is 2.53. The monoisotopic (exact) mass is 264 g/mol. The first-order valence-corrected chi connectivity index (χ1v) is 5.00. The van der Waals surface area contributed by atoms with Crippen molar-refractivity contribution in [2.75, 3.05) is 43.6 Å². The molecule has 1 aromatic carbocycles. The van der Waals surface area contributed by atoms with Gasteiger partial charge in [-0.25, -0.2) is 0 Å². The predicted octanol–water partition coefficient (Wildman–Crippen LogP) is 2.41. The lowest BCUT2D eigenvalue weighted by Crippen LogP contribution is -2.36. The van der Waals surface area contributed by atoms with Crippen LogP contribution in [0.5, 0.6) is 0 Å². The van der Waals surface area contributed by atoms with Gasteiger partial charge in [-0.15, -0.1) is 24.8 Å². The quantitative estimate of drug-likeness (QED) is 0.888. The Labute approximate surface area is 109 Å². The summed E-state index contributed by atoms with van der Waals surface area (Å²) in [6, 6.07) is 8.50. The fourth-order valence-electron chi connectivity index (χ4n) is 1.66. The summed E-state index contributed by atoms with van der Waals surface area (Å²) in [5.74, 6) is 0. The van der Waals surface area contributed by atoms with E-state index < -0.39 is 0 Å². The van der Waals surface area contributed by atoms with E-state index in [2.05, 4.69) is 34.5 Å². The summed E-state index contributed by atoms with van der Waals surface area (Å²) in [6.07, 6.45) is 0. The Hall–Kier alpha value is -0.640. The zero-order valence-electron chi connectivity index (χ0n) is 9.31. The fourth-order valence-corrected chi connectivity index (χ4v) is 1.66. The van der Waals surface area contributed by atoms with Gasteiger partial charge in [0.2, 0.25) is 0 Å². The van der Waals surface area contributed by atoms with Crippen molar-refractivity contribution in [3.05, 3.63) is 24.3 Å². The smallest absolute Gasteiger partial charge is 0.0642 e. The minimum atomic E-state index is 0. The Morgan fingerprint density at radius 1 is 1.06 bits per heavy atom. The van der Waals surface area contributed by atoms with Crippen molar-refractivity contribution < 1.29 is 4.74 Å². The summed E-state index contributed by atoms with van der Waals surface area (Å²) in [6.45, 7) is 3.68.